The maximum atomic E-state index is 11.4. The van der Waals surface area contributed by atoms with Crippen molar-refractivity contribution in [3.63, 3.8) is 0 Å². The highest BCUT2D eigenvalue weighted by molar-refractivity contribution is 5.93. The van der Waals surface area contributed by atoms with Gasteiger partial charge in [0.15, 0.2) is 0 Å². The van der Waals surface area contributed by atoms with Crippen LogP contribution in [0, 0.1) is 11.8 Å². The van der Waals surface area contributed by atoms with Crippen molar-refractivity contribution in [1.82, 2.24) is 0 Å². The van der Waals surface area contributed by atoms with E-state index in [0.29, 0.717) is 11.8 Å². The van der Waals surface area contributed by atoms with E-state index in [-0.39, 0.29) is 11.6 Å². The largest absolute Gasteiger partial charge is 0.450 e. The van der Waals surface area contributed by atoms with Gasteiger partial charge in [0, 0.05) is 17.4 Å². The van der Waals surface area contributed by atoms with Gasteiger partial charge in [-0.2, -0.15) is 0 Å². The minimum atomic E-state index is -0.198. The molecule has 0 aromatic heterocycles. The van der Waals surface area contributed by atoms with E-state index in [4.69, 9.17) is 4.74 Å². The van der Waals surface area contributed by atoms with Crippen LogP contribution in [0.1, 0.15) is 20.3 Å². The summed E-state index contributed by atoms with van der Waals surface area (Å²) in [6.45, 7) is 3.90. The number of hydrogen-bond acceptors (Lipinski definition) is 2. The lowest BCUT2D eigenvalue weighted by Crippen LogP contribution is -2.17. The van der Waals surface area contributed by atoms with E-state index in [1.807, 2.05) is 13.8 Å². The number of fused-ring (bicyclic) bond motifs is 3. The van der Waals surface area contributed by atoms with Gasteiger partial charge in [-0.15, -0.1) is 0 Å². The number of hydrogen-bond donors (Lipinski definition) is 0. The highest BCUT2D eigenvalue weighted by Crippen LogP contribution is 2.65. The number of allylic oxidation sites excluding steroid dienone is 1. The Kier molecular flexibility index (Phi) is 1.07. The minimum absolute atomic E-state index is 0.111. The fraction of sp³-hybridized carbons (Fsp3) is 0.545. The monoisotopic (exact) mass is 176 g/mol. The molecule has 2 nitrogen and oxygen atoms in total. The highest BCUT2D eigenvalue weighted by Gasteiger charge is 2.71. The van der Waals surface area contributed by atoms with Crippen LogP contribution in [0.5, 0.6) is 0 Å². The summed E-state index contributed by atoms with van der Waals surface area (Å²) < 4.78 is 5.49. The molecule has 0 radical (unpaired) electrons. The van der Waals surface area contributed by atoms with E-state index in [0.717, 1.165) is 17.6 Å². The fourth-order valence-corrected chi connectivity index (χ4v) is 2.86. The minimum Gasteiger partial charge on any atom is -0.450 e. The van der Waals surface area contributed by atoms with Gasteiger partial charge in [0.25, 0.3) is 0 Å². The molecule has 0 N–H and O–H groups in total. The maximum absolute atomic E-state index is 11.4. The molecule has 1 saturated carbocycles. The molecule has 1 spiro atoms. The van der Waals surface area contributed by atoms with E-state index in [9.17, 15) is 4.79 Å². The molecule has 2 heteroatoms. The molecule has 1 aliphatic heterocycles. The predicted molar refractivity (Wildman–Crippen MR) is 47.9 cm³/mol. The van der Waals surface area contributed by atoms with Crippen LogP contribution >= 0.6 is 0 Å². The van der Waals surface area contributed by atoms with Gasteiger partial charge in [0.2, 0.25) is 0 Å². The lowest BCUT2D eigenvalue weighted by atomic mass is 10.0. The summed E-state index contributed by atoms with van der Waals surface area (Å²) in [4.78, 5) is 11.4. The van der Waals surface area contributed by atoms with E-state index >= 15 is 0 Å². The van der Waals surface area contributed by atoms with Crippen LogP contribution in [0.4, 0.5) is 0 Å². The van der Waals surface area contributed by atoms with E-state index in [1.165, 1.54) is 0 Å². The zero-order chi connectivity index (χ0) is 9.22. The average Bonchev–Trinajstić information content (AvgIpc) is 2.52. The first-order valence-corrected chi connectivity index (χ1v) is 4.76. The summed E-state index contributed by atoms with van der Waals surface area (Å²) in [6, 6.07) is 0. The van der Waals surface area contributed by atoms with Crippen LogP contribution in [0.25, 0.3) is 0 Å². The summed E-state index contributed by atoms with van der Waals surface area (Å²) in [5.41, 5.74) is 1.79. The molecule has 0 aromatic carbocycles. The molecular weight excluding hydrogens is 164 g/mol. The van der Waals surface area contributed by atoms with E-state index in [2.05, 4.69) is 12.2 Å². The van der Waals surface area contributed by atoms with Crippen LogP contribution < -0.4 is 0 Å². The van der Waals surface area contributed by atoms with Crippen molar-refractivity contribution in [3.05, 3.63) is 23.3 Å². The van der Waals surface area contributed by atoms with Gasteiger partial charge in [-0.05, 0) is 25.8 Å². The molecule has 0 bridgehead atoms. The molecule has 3 aliphatic rings. The summed E-state index contributed by atoms with van der Waals surface area (Å²) in [6.07, 6.45) is 5.46. The highest BCUT2D eigenvalue weighted by atomic mass is 16.6. The second-order valence-electron chi connectivity index (χ2n) is 4.23. The second-order valence-corrected chi connectivity index (χ2v) is 4.23. The summed E-state index contributed by atoms with van der Waals surface area (Å²) in [5.74, 6) is 0.920. The molecule has 3 atom stereocenters. The van der Waals surface area contributed by atoms with Gasteiger partial charge < -0.3 is 4.74 Å². The third-order valence-electron chi connectivity index (χ3n) is 3.82. The Labute approximate surface area is 77.3 Å². The van der Waals surface area contributed by atoms with Crippen molar-refractivity contribution in [2.24, 2.45) is 11.8 Å². The lowest BCUT2D eigenvalue weighted by molar-refractivity contribution is -0.142. The Morgan fingerprint density at radius 1 is 1.54 bits per heavy atom. The van der Waals surface area contributed by atoms with Crippen LogP contribution in [0.3, 0.4) is 0 Å². The van der Waals surface area contributed by atoms with Gasteiger partial charge in [0.05, 0.1) is 0 Å². The van der Waals surface area contributed by atoms with Gasteiger partial charge in [-0.3, -0.25) is 0 Å². The Hall–Kier alpha value is -1.05. The van der Waals surface area contributed by atoms with Crippen LogP contribution in [0.2, 0.25) is 0 Å². The molecule has 1 fully saturated rings. The normalized spacial score (nSPS) is 45.8. The number of ether oxygens (including phenoxy) is 1. The lowest BCUT2D eigenvalue weighted by Gasteiger charge is -2.12. The van der Waals surface area contributed by atoms with Crippen molar-refractivity contribution in [3.8, 4) is 0 Å². The van der Waals surface area contributed by atoms with Crippen LogP contribution in [-0.4, -0.2) is 11.6 Å². The number of carbonyl (C=O) groups excluding carboxylic acids is 1. The molecule has 3 rings (SSSR count). The molecule has 0 amide bonds. The molecular formula is C11H12O2. The van der Waals surface area contributed by atoms with Gasteiger partial charge in [-0.1, -0.05) is 12.2 Å². The van der Waals surface area contributed by atoms with Gasteiger partial charge >= 0.3 is 5.97 Å². The fourth-order valence-electron chi connectivity index (χ4n) is 2.86. The van der Waals surface area contributed by atoms with Crippen molar-refractivity contribution in [1.29, 1.82) is 0 Å². The molecule has 2 aliphatic carbocycles. The van der Waals surface area contributed by atoms with E-state index in [1.54, 1.807) is 0 Å². The smallest absolute Gasteiger partial charge is 0.334 e. The summed E-state index contributed by atoms with van der Waals surface area (Å²) in [5, 5.41) is 0. The zero-order valence-corrected chi connectivity index (χ0v) is 7.83. The zero-order valence-electron chi connectivity index (χ0n) is 7.83. The Balaban J connectivity index is 2.06. The Bertz CT molecular complexity index is 364. The number of carbonyl (C=O) groups is 1. The third-order valence-corrected chi connectivity index (χ3v) is 3.82. The van der Waals surface area contributed by atoms with Crippen molar-refractivity contribution in [2.75, 3.05) is 0 Å². The average molecular weight is 176 g/mol. The van der Waals surface area contributed by atoms with Crippen molar-refractivity contribution < 1.29 is 9.53 Å². The molecule has 0 unspecified atom stereocenters. The van der Waals surface area contributed by atoms with E-state index < -0.39 is 0 Å². The summed E-state index contributed by atoms with van der Waals surface area (Å²) in [7, 11) is 0. The quantitative estimate of drug-likeness (QED) is 0.415. The molecule has 68 valence electrons. The third kappa shape index (κ3) is 0.609. The standard InChI is InChI=1S/C11H12O2/c1-6-7(2)11(13-10(6)12)8-4-3-5-9(8)11/h3-4,8-9H,5H2,1-2H3/t8-,9+,11+/m0/s1. The second kappa shape index (κ2) is 1.89. The summed E-state index contributed by atoms with van der Waals surface area (Å²) >= 11 is 0. The van der Waals surface area contributed by atoms with Crippen LogP contribution in [-0.2, 0) is 9.53 Å². The first-order valence-electron chi connectivity index (χ1n) is 4.76. The van der Waals surface area contributed by atoms with Crippen LogP contribution in [0.15, 0.2) is 23.3 Å². The topological polar surface area (TPSA) is 26.3 Å². The number of rotatable bonds is 0. The molecule has 0 saturated heterocycles. The van der Waals surface area contributed by atoms with Crippen molar-refractivity contribution in [2.45, 2.75) is 25.9 Å². The Morgan fingerprint density at radius 3 is 2.77 bits per heavy atom. The first-order chi connectivity index (χ1) is 6.18. The maximum Gasteiger partial charge on any atom is 0.334 e. The van der Waals surface area contributed by atoms with Gasteiger partial charge in [0.1, 0.15) is 5.60 Å². The first kappa shape index (κ1) is 7.36. The molecule has 0 aromatic rings. The Morgan fingerprint density at radius 2 is 2.31 bits per heavy atom. The number of esters is 1. The molecule has 13 heavy (non-hydrogen) atoms. The molecule has 1 heterocycles. The van der Waals surface area contributed by atoms with Crippen molar-refractivity contribution >= 4 is 5.97 Å². The SMILES string of the molecule is CC1=C(C)[C@]2(OC1=O)[C@@H]1CC=C[C@@H]12. The van der Waals surface area contributed by atoms with Gasteiger partial charge in [-0.25, -0.2) is 4.79 Å². The predicted octanol–water partition coefficient (Wildman–Crippen LogP) is 1.82.